The maximum Gasteiger partial charge on any atom is 0.256 e. The van der Waals surface area contributed by atoms with E-state index in [9.17, 15) is 9.59 Å². The molecule has 2 heterocycles. The van der Waals surface area contributed by atoms with Gasteiger partial charge in [-0.2, -0.15) is 0 Å². The molecule has 1 aromatic rings. The number of halogens is 2. The van der Waals surface area contributed by atoms with Crippen molar-refractivity contribution in [1.29, 1.82) is 0 Å². The van der Waals surface area contributed by atoms with E-state index in [1.54, 1.807) is 11.0 Å². The van der Waals surface area contributed by atoms with Crippen molar-refractivity contribution in [3.05, 3.63) is 19.2 Å². The van der Waals surface area contributed by atoms with Gasteiger partial charge in [-0.15, -0.1) is 11.3 Å². The predicted octanol–water partition coefficient (Wildman–Crippen LogP) is 2.64. The summed E-state index contributed by atoms with van der Waals surface area (Å²) in [6, 6.07) is 1.21. The second-order valence-corrected chi connectivity index (χ2v) is 8.74. The molecule has 2 amide bonds. The average molecular weight is 440 g/mol. The maximum absolute atomic E-state index is 12.7. The van der Waals surface area contributed by atoms with E-state index in [2.05, 4.69) is 37.2 Å². The Morgan fingerprint density at radius 3 is 2.76 bits per heavy atom. The van der Waals surface area contributed by atoms with Crippen LogP contribution in [0.3, 0.4) is 0 Å². The molecule has 0 aliphatic carbocycles. The molecule has 116 valence electrons. The third kappa shape index (κ3) is 4.06. The minimum Gasteiger partial charge on any atom is -0.377 e. The van der Waals surface area contributed by atoms with Gasteiger partial charge in [0.05, 0.1) is 26.4 Å². The van der Waals surface area contributed by atoms with Crippen LogP contribution >= 0.6 is 43.2 Å². The molecule has 1 atom stereocenters. The lowest BCUT2D eigenvalue weighted by atomic mass is 10.1. The Labute approximate surface area is 144 Å². The van der Waals surface area contributed by atoms with Crippen LogP contribution in [0.1, 0.15) is 24.2 Å². The van der Waals surface area contributed by atoms with Gasteiger partial charge in [0.15, 0.2) is 0 Å². The predicted molar refractivity (Wildman–Crippen MR) is 88.6 cm³/mol. The third-order valence-corrected chi connectivity index (χ3v) is 5.35. The molecule has 0 saturated carbocycles. The van der Waals surface area contributed by atoms with E-state index in [1.807, 2.05) is 13.8 Å². The topological polar surface area (TPSA) is 58.6 Å². The first-order chi connectivity index (χ1) is 9.90. The van der Waals surface area contributed by atoms with Gasteiger partial charge in [0, 0.05) is 12.6 Å². The standard InChI is InChI=1S/C13H16Br2N2O3S/c1-7(2)16-12(18)9-6-20-4-3-17(9)13(19)8-5-10(14)21-11(8)15/h5,7,9H,3-4,6H2,1-2H3,(H,16,18). The largest absolute Gasteiger partial charge is 0.377 e. The summed E-state index contributed by atoms with van der Waals surface area (Å²) in [5.74, 6) is -0.334. The molecule has 21 heavy (non-hydrogen) atoms. The second-order valence-electron chi connectivity index (χ2n) is 4.99. The Bertz CT molecular complexity index is 548. The lowest BCUT2D eigenvalue weighted by molar-refractivity contribution is -0.131. The van der Waals surface area contributed by atoms with E-state index < -0.39 is 6.04 Å². The number of ether oxygens (including phenoxy) is 1. The molecule has 1 aromatic heterocycles. The quantitative estimate of drug-likeness (QED) is 0.787. The fourth-order valence-corrected chi connectivity index (χ4v) is 4.86. The van der Waals surface area contributed by atoms with Crippen LogP contribution in [0.25, 0.3) is 0 Å². The van der Waals surface area contributed by atoms with Crippen LogP contribution in [-0.2, 0) is 9.53 Å². The molecule has 1 fully saturated rings. The Morgan fingerprint density at radius 2 is 2.19 bits per heavy atom. The van der Waals surface area contributed by atoms with Crippen LogP contribution in [0.5, 0.6) is 0 Å². The van der Waals surface area contributed by atoms with Crippen molar-refractivity contribution in [2.75, 3.05) is 19.8 Å². The lowest BCUT2D eigenvalue weighted by Crippen LogP contribution is -2.56. The number of carbonyl (C=O) groups is 2. The van der Waals surface area contributed by atoms with Gasteiger partial charge in [-0.3, -0.25) is 9.59 Å². The fraction of sp³-hybridized carbons (Fsp3) is 0.538. The monoisotopic (exact) mass is 438 g/mol. The molecule has 0 radical (unpaired) electrons. The number of nitrogens with one attached hydrogen (secondary N) is 1. The van der Waals surface area contributed by atoms with Crippen molar-refractivity contribution in [2.24, 2.45) is 0 Å². The third-order valence-electron chi connectivity index (χ3n) is 3.01. The first-order valence-corrected chi connectivity index (χ1v) is 8.94. The van der Waals surface area contributed by atoms with E-state index in [1.165, 1.54) is 11.3 Å². The molecule has 0 spiro atoms. The number of nitrogens with zero attached hydrogens (tertiary/aromatic N) is 1. The molecule has 2 rings (SSSR count). The van der Waals surface area contributed by atoms with Gasteiger partial charge < -0.3 is 15.0 Å². The van der Waals surface area contributed by atoms with E-state index in [0.717, 1.165) is 7.57 Å². The van der Waals surface area contributed by atoms with Crippen LogP contribution in [0.15, 0.2) is 13.6 Å². The SMILES string of the molecule is CC(C)NC(=O)C1COCCN1C(=O)c1cc(Br)sc1Br. The molecule has 1 N–H and O–H groups in total. The fourth-order valence-electron chi connectivity index (χ4n) is 2.09. The highest BCUT2D eigenvalue weighted by atomic mass is 79.9. The van der Waals surface area contributed by atoms with Crippen molar-refractivity contribution >= 4 is 55.0 Å². The van der Waals surface area contributed by atoms with Crippen molar-refractivity contribution in [2.45, 2.75) is 25.9 Å². The zero-order chi connectivity index (χ0) is 15.6. The molecule has 5 nitrogen and oxygen atoms in total. The Balaban J connectivity index is 2.20. The lowest BCUT2D eigenvalue weighted by Gasteiger charge is -2.34. The van der Waals surface area contributed by atoms with E-state index >= 15 is 0 Å². The van der Waals surface area contributed by atoms with Crippen molar-refractivity contribution in [3.8, 4) is 0 Å². The minimum atomic E-state index is -0.584. The number of carbonyl (C=O) groups excluding carboxylic acids is 2. The molecule has 1 aliphatic heterocycles. The smallest absolute Gasteiger partial charge is 0.256 e. The number of rotatable bonds is 3. The number of hydrogen-bond acceptors (Lipinski definition) is 4. The highest BCUT2D eigenvalue weighted by Gasteiger charge is 2.34. The maximum atomic E-state index is 12.7. The van der Waals surface area contributed by atoms with Gasteiger partial charge in [0.2, 0.25) is 5.91 Å². The van der Waals surface area contributed by atoms with E-state index in [4.69, 9.17) is 4.74 Å². The van der Waals surface area contributed by atoms with E-state index in [0.29, 0.717) is 18.7 Å². The Kier molecular flexibility index (Phi) is 5.81. The summed E-state index contributed by atoms with van der Waals surface area (Å²) in [5, 5.41) is 2.84. The first-order valence-electron chi connectivity index (χ1n) is 6.54. The normalized spacial score (nSPS) is 18.9. The number of hydrogen-bond donors (Lipinski definition) is 1. The molecule has 0 aromatic carbocycles. The van der Waals surface area contributed by atoms with Crippen molar-refractivity contribution in [1.82, 2.24) is 10.2 Å². The van der Waals surface area contributed by atoms with Crippen LogP contribution in [-0.4, -0.2) is 48.6 Å². The summed E-state index contributed by atoms with van der Waals surface area (Å²) < 4.78 is 6.99. The number of thiophene rings is 1. The number of amides is 2. The van der Waals surface area contributed by atoms with Gasteiger partial charge in [0.1, 0.15) is 6.04 Å². The average Bonchev–Trinajstić information content (AvgIpc) is 2.76. The summed E-state index contributed by atoms with van der Waals surface area (Å²) in [7, 11) is 0. The van der Waals surface area contributed by atoms with Crippen molar-refractivity contribution in [3.63, 3.8) is 0 Å². The summed E-state index contributed by atoms with van der Waals surface area (Å²) in [6.07, 6.45) is 0. The minimum absolute atomic E-state index is 0.0263. The summed E-state index contributed by atoms with van der Waals surface area (Å²) >= 11 is 8.19. The van der Waals surface area contributed by atoms with Crippen LogP contribution in [0.2, 0.25) is 0 Å². The number of morpholine rings is 1. The highest BCUT2D eigenvalue weighted by molar-refractivity contribution is 9.12. The molecule has 1 saturated heterocycles. The summed E-state index contributed by atoms with van der Waals surface area (Å²) in [4.78, 5) is 26.5. The molecular formula is C13H16Br2N2O3S. The Morgan fingerprint density at radius 1 is 1.48 bits per heavy atom. The van der Waals surface area contributed by atoms with Gasteiger partial charge in [0.25, 0.3) is 5.91 Å². The molecule has 8 heteroatoms. The summed E-state index contributed by atoms with van der Waals surface area (Å²) in [6.45, 7) is 4.86. The highest BCUT2D eigenvalue weighted by Crippen LogP contribution is 2.33. The molecule has 1 unspecified atom stereocenters. The van der Waals surface area contributed by atoms with Crippen LogP contribution in [0.4, 0.5) is 0 Å². The summed E-state index contributed by atoms with van der Waals surface area (Å²) in [5.41, 5.74) is 0.566. The van der Waals surface area contributed by atoms with Gasteiger partial charge in [-0.25, -0.2) is 0 Å². The Hall–Kier alpha value is -0.440. The zero-order valence-electron chi connectivity index (χ0n) is 11.7. The molecule has 1 aliphatic rings. The van der Waals surface area contributed by atoms with Crippen molar-refractivity contribution < 1.29 is 14.3 Å². The zero-order valence-corrected chi connectivity index (χ0v) is 15.7. The first kappa shape index (κ1) is 16.9. The second kappa shape index (κ2) is 7.21. The molecule has 0 bridgehead atoms. The van der Waals surface area contributed by atoms with Crippen LogP contribution < -0.4 is 5.32 Å². The van der Waals surface area contributed by atoms with Gasteiger partial charge in [-0.1, -0.05) is 0 Å². The van der Waals surface area contributed by atoms with E-state index in [-0.39, 0.29) is 24.5 Å². The van der Waals surface area contributed by atoms with Gasteiger partial charge >= 0.3 is 0 Å². The molecular weight excluding hydrogens is 424 g/mol. The van der Waals surface area contributed by atoms with Crippen LogP contribution in [0, 0.1) is 0 Å². The van der Waals surface area contributed by atoms with Gasteiger partial charge in [-0.05, 0) is 51.8 Å².